The molecule has 0 bridgehead atoms. The Morgan fingerprint density at radius 3 is 2.85 bits per heavy atom. The Morgan fingerprint density at radius 2 is 2.15 bits per heavy atom. The van der Waals surface area contributed by atoms with E-state index < -0.39 is 29.0 Å². The minimum atomic E-state index is -1.36. The average Bonchev–Trinajstić information content (AvgIpc) is 3.04. The highest BCUT2D eigenvalue weighted by atomic mass is 16.6. The number of hydrogen-bond donors (Lipinski definition) is 2. The Hall–Kier alpha value is -3.20. The second-order valence-corrected chi connectivity index (χ2v) is 5.81. The molecular formula is C17H17N3O6. The molecule has 1 aliphatic rings. The van der Waals surface area contributed by atoms with Gasteiger partial charge in [0.05, 0.1) is 17.9 Å². The van der Waals surface area contributed by atoms with Crippen molar-refractivity contribution in [1.82, 2.24) is 9.55 Å². The molecular weight excluding hydrogens is 342 g/mol. The zero-order valence-electron chi connectivity index (χ0n) is 13.7. The van der Waals surface area contributed by atoms with E-state index in [1.807, 2.05) is 0 Å². The highest BCUT2D eigenvalue weighted by Gasteiger charge is 2.42. The molecule has 1 fully saturated rings. The Bertz CT molecular complexity index is 920. The maximum Gasteiger partial charge on any atom is 0.338 e. The third-order valence-corrected chi connectivity index (χ3v) is 4.10. The third-order valence-electron chi connectivity index (χ3n) is 4.10. The van der Waals surface area contributed by atoms with Crippen molar-refractivity contribution in [3.8, 4) is 0 Å². The minimum absolute atomic E-state index is 0.0210. The molecule has 2 N–H and O–H groups in total. The summed E-state index contributed by atoms with van der Waals surface area (Å²) >= 11 is 0. The van der Waals surface area contributed by atoms with Crippen LogP contribution in [0.2, 0.25) is 0 Å². The van der Waals surface area contributed by atoms with Gasteiger partial charge in [0.1, 0.15) is 6.61 Å². The molecule has 9 heteroatoms. The molecule has 1 saturated heterocycles. The smallest absolute Gasteiger partial charge is 0.338 e. The van der Waals surface area contributed by atoms with E-state index in [-0.39, 0.29) is 6.61 Å². The summed E-state index contributed by atoms with van der Waals surface area (Å²) in [7, 11) is 0. The van der Waals surface area contributed by atoms with Crippen molar-refractivity contribution < 1.29 is 19.5 Å². The summed E-state index contributed by atoms with van der Waals surface area (Å²) in [5.74, 6) is -0.483. The van der Waals surface area contributed by atoms with Crippen molar-refractivity contribution in [3.05, 3.63) is 69.0 Å². The van der Waals surface area contributed by atoms with E-state index in [0.717, 1.165) is 10.8 Å². The van der Waals surface area contributed by atoms with Crippen LogP contribution < -0.4 is 11.2 Å². The molecule has 1 aromatic carbocycles. The van der Waals surface area contributed by atoms with E-state index in [1.54, 1.807) is 30.3 Å². The molecule has 0 aliphatic carbocycles. The van der Waals surface area contributed by atoms with Crippen LogP contribution in [0.25, 0.3) is 0 Å². The minimum Gasteiger partial charge on any atom is -0.459 e. The molecule has 1 aromatic heterocycles. The summed E-state index contributed by atoms with van der Waals surface area (Å²) < 4.78 is 12.2. The maximum atomic E-state index is 12.1. The molecule has 9 nitrogen and oxygen atoms in total. The van der Waals surface area contributed by atoms with E-state index in [2.05, 4.69) is 10.1 Å². The summed E-state index contributed by atoms with van der Waals surface area (Å²) in [6, 6.07) is 9.70. The monoisotopic (exact) mass is 359 g/mol. The molecule has 2 atom stereocenters. The first-order valence-corrected chi connectivity index (χ1v) is 7.95. The molecule has 3 rings (SSSR count). The van der Waals surface area contributed by atoms with Crippen LogP contribution >= 0.6 is 0 Å². The number of benzene rings is 1. The largest absolute Gasteiger partial charge is 0.459 e. The van der Waals surface area contributed by atoms with Crippen molar-refractivity contribution >= 4 is 12.2 Å². The lowest BCUT2D eigenvalue weighted by molar-refractivity contribution is -0.0677. The number of nitrogens with zero attached hydrogens (tertiary/aromatic N) is 2. The van der Waals surface area contributed by atoms with Crippen molar-refractivity contribution in [3.63, 3.8) is 0 Å². The number of rotatable bonds is 5. The van der Waals surface area contributed by atoms with Gasteiger partial charge in [0.15, 0.2) is 5.72 Å². The number of aromatic amines is 1. The van der Waals surface area contributed by atoms with Crippen molar-refractivity contribution in [2.75, 3.05) is 6.61 Å². The zero-order chi connectivity index (χ0) is 18.6. The normalized spacial score (nSPS) is 22.5. The Kier molecular flexibility index (Phi) is 4.99. The van der Waals surface area contributed by atoms with Crippen molar-refractivity contribution in [1.29, 1.82) is 0 Å². The van der Waals surface area contributed by atoms with E-state index in [0.29, 0.717) is 18.4 Å². The number of nitrogens with one attached hydrogen (secondary N) is 1. The first kappa shape index (κ1) is 17.6. The van der Waals surface area contributed by atoms with Gasteiger partial charge >= 0.3 is 11.7 Å². The highest BCUT2D eigenvalue weighted by Crippen LogP contribution is 2.32. The fourth-order valence-corrected chi connectivity index (χ4v) is 2.86. The van der Waals surface area contributed by atoms with Crippen LogP contribution in [-0.2, 0) is 15.2 Å². The predicted octanol–water partition coefficient (Wildman–Crippen LogP) is 0.685. The van der Waals surface area contributed by atoms with Crippen LogP contribution in [0.15, 0.2) is 57.3 Å². The Labute approximate surface area is 147 Å². The van der Waals surface area contributed by atoms with Gasteiger partial charge in [-0.3, -0.25) is 14.3 Å². The van der Waals surface area contributed by atoms with Gasteiger partial charge < -0.3 is 14.7 Å². The Morgan fingerprint density at radius 1 is 1.38 bits per heavy atom. The lowest BCUT2D eigenvalue weighted by Gasteiger charge is -2.26. The molecule has 1 aliphatic heterocycles. The quantitative estimate of drug-likeness (QED) is 0.350. The van der Waals surface area contributed by atoms with Gasteiger partial charge in [-0.25, -0.2) is 9.59 Å². The van der Waals surface area contributed by atoms with E-state index in [9.17, 15) is 14.4 Å². The van der Waals surface area contributed by atoms with Gasteiger partial charge in [0, 0.05) is 18.7 Å². The lowest BCUT2D eigenvalue weighted by Crippen LogP contribution is -2.45. The van der Waals surface area contributed by atoms with Gasteiger partial charge in [-0.2, -0.15) is 0 Å². The molecule has 0 saturated carbocycles. The number of carbonyl (C=O) groups is 1. The van der Waals surface area contributed by atoms with E-state index in [1.165, 1.54) is 12.3 Å². The van der Waals surface area contributed by atoms with Gasteiger partial charge in [0.25, 0.3) is 5.56 Å². The summed E-state index contributed by atoms with van der Waals surface area (Å²) in [6.07, 6.45) is 2.60. The van der Waals surface area contributed by atoms with Gasteiger partial charge in [-0.1, -0.05) is 23.4 Å². The number of oxime groups is 1. The molecule has 136 valence electrons. The standard InChI is InChI=1S/C17H17N3O6/c21-14-7-9-20(16(23)19-14)17(11-18-24)8-6-13(26-17)10-25-15(22)12-4-2-1-3-5-12/h1-5,7,9,11,13,24H,6,8,10H2,(H,19,21,23)/t13?,17-/m0/s1. The first-order chi connectivity index (χ1) is 12.5. The van der Waals surface area contributed by atoms with Crippen molar-refractivity contribution in [2.45, 2.75) is 24.7 Å². The summed E-state index contributed by atoms with van der Waals surface area (Å²) in [6.45, 7) is -0.0210. The second-order valence-electron chi connectivity index (χ2n) is 5.81. The fraction of sp³-hybridized carbons (Fsp3) is 0.294. The molecule has 1 unspecified atom stereocenters. The number of H-pyrrole nitrogens is 1. The van der Waals surface area contributed by atoms with Gasteiger partial charge in [0.2, 0.25) is 0 Å². The number of aromatic nitrogens is 2. The second kappa shape index (κ2) is 7.36. The van der Waals surface area contributed by atoms with Crippen LogP contribution in [0.3, 0.4) is 0 Å². The van der Waals surface area contributed by atoms with Gasteiger partial charge in [-0.05, 0) is 18.6 Å². The number of hydrogen-bond acceptors (Lipinski definition) is 7. The predicted molar refractivity (Wildman–Crippen MR) is 90.4 cm³/mol. The average molecular weight is 359 g/mol. The highest BCUT2D eigenvalue weighted by molar-refractivity contribution is 5.89. The molecule has 0 radical (unpaired) electrons. The topological polar surface area (TPSA) is 123 Å². The van der Waals surface area contributed by atoms with Crippen LogP contribution in [-0.4, -0.2) is 39.7 Å². The van der Waals surface area contributed by atoms with Gasteiger partial charge in [-0.15, -0.1) is 0 Å². The SMILES string of the molecule is O=C(OCC1CC[C@](C=NO)(n2ccc(=O)[nH]c2=O)O1)c1ccccc1. The Balaban J connectivity index is 1.73. The number of ether oxygens (including phenoxy) is 2. The summed E-state index contributed by atoms with van der Waals surface area (Å²) in [5.41, 5.74) is -2.18. The van der Waals surface area contributed by atoms with Crippen molar-refractivity contribution in [2.24, 2.45) is 5.16 Å². The fourth-order valence-electron chi connectivity index (χ4n) is 2.86. The molecule has 26 heavy (non-hydrogen) atoms. The molecule has 2 heterocycles. The number of carbonyl (C=O) groups excluding carboxylic acids is 1. The zero-order valence-corrected chi connectivity index (χ0v) is 13.7. The summed E-state index contributed by atoms with van der Waals surface area (Å²) in [5, 5.41) is 12.0. The summed E-state index contributed by atoms with van der Waals surface area (Å²) in [4.78, 5) is 37.4. The van der Waals surface area contributed by atoms with Crippen LogP contribution in [0.1, 0.15) is 23.2 Å². The van der Waals surface area contributed by atoms with E-state index in [4.69, 9.17) is 14.7 Å². The molecule has 0 spiro atoms. The van der Waals surface area contributed by atoms with E-state index >= 15 is 0 Å². The van der Waals surface area contributed by atoms with Crippen LogP contribution in [0.4, 0.5) is 0 Å². The number of esters is 1. The molecule has 2 aromatic rings. The molecule has 0 amide bonds. The maximum absolute atomic E-state index is 12.1. The third kappa shape index (κ3) is 3.57. The van der Waals surface area contributed by atoms with Crippen LogP contribution in [0.5, 0.6) is 0 Å². The first-order valence-electron chi connectivity index (χ1n) is 7.95. The lowest BCUT2D eigenvalue weighted by atomic mass is 10.1. The van der Waals surface area contributed by atoms with Crippen LogP contribution in [0, 0.1) is 0 Å².